The number of nitrogens with two attached hydrogens (primary N) is 1. The van der Waals surface area contributed by atoms with Gasteiger partial charge in [-0.15, -0.1) is 0 Å². The molecule has 4 atom stereocenters. The molecule has 4 unspecified atom stereocenters. The number of likely N-dealkylation sites (tertiary alicyclic amines) is 1. The third-order valence-electron chi connectivity index (χ3n) is 5.04. The molecule has 2 aliphatic rings. The van der Waals surface area contributed by atoms with Crippen LogP contribution in [-0.4, -0.2) is 34.6 Å². The molecule has 2 rings (SSSR count). The zero-order valence-corrected chi connectivity index (χ0v) is 11.7. The summed E-state index contributed by atoms with van der Waals surface area (Å²) in [4.78, 5) is 2.50. The average molecular weight is 253 g/mol. The van der Waals surface area contributed by atoms with Crippen molar-refractivity contribution >= 4 is 5.84 Å². The number of amidine groups is 1. The summed E-state index contributed by atoms with van der Waals surface area (Å²) in [5.74, 6) is 2.04. The second-order valence-corrected chi connectivity index (χ2v) is 6.20. The van der Waals surface area contributed by atoms with Gasteiger partial charge in [0.05, 0.1) is 6.04 Å². The van der Waals surface area contributed by atoms with E-state index in [9.17, 15) is 0 Å². The van der Waals surface area contributed by atoms with Crippen LogP contribution in [0.25, 0.3) is 0 Å². The molecule has 18 heavy (non-hydrogen) atoms. The van der Waals surface area contributed by atoms with E-state index in [1.54, 1.807) is 0 Å². The Morgan fingerprint density at radius 1 is 1.17 bits per heavy atom. The van der Waals surface area contributed by atoms with Gasteiger partial charge in [-0.3, -0.25) is 4.90 Å². The van der Waals surface area contributed by atoms with E-state index in [1.807, 2.05) is 0 Å². The maximum atomic E-state index is 8.93. The van der Waals surface area contributed by atoms with Crippen LogP contribution in [0.2, 0.25) is 0 Å². The Bertz CT molecular complexity index is 305. The monoisotopic (exact) mass is 253 g/mol. The minimum Gasteiger partial charge on any atom is -0.409 e. The fraction of sp³-hybridized carbons (Fsp3) is 0.929. The third-order valence-corrected chi connectivity index (χ3v) is 5.04. The van der Waals surface area contributed by atoms with Gasteiger partial charge in [-0.2, -0.15) is 0 Å². The Labute approximate surface area is 110 Å². The summed E-state index contributed by atoms with van der Waals surface area (Å²) < 4.78 is 0. The van der Waals surface area contributed by atoms with Crippen LogP contribution >= 0.6 is 0 Å². The van der Waals surface area contributed by atoms with Crippen molar-refractivity contribution in [2.75, 3.05) is 6.54 Å². The van der Waals surface area contributed by atoms with Crippen LogP contribution in [0.1, 0.15) is 52.4 Å². The molecule has 2 fully saturated rings. The van der Waals surface area contributed by atoms with Gasteiger partial charge in [0.15, 0.2) is 5.84 Å². The van der Waals surface area contributed by atoms with Gasteiger partial charge in [-0.25, -0.2) is 0 Å². The Balaban J connectivity index is 2.05. The fourth-order valence-corrected chi connectivity index (χ4v) is 3.60. The van der Waals surface area contributed by atoms with Crippen LogP contribution in [0.15, 0.2) is 5.16 Å². The SMILES string of the molecule is CC1CCC(N2CCCCC2/C(N)=N/O)CC1C. The molecule has 1 heterocycles. The van der Waals surface area contributed by atoms with E-state index in [4.69, 9.17) is 10.9 Å². The summed E-state index contributed by atoms with van der Waals surface area (Å²) in [6.07, 6.45) is 7.31. The highest BCUT2D eigenvalue weighted by Gasteiger charge is 2.35. The summed E-state index contributed by atoms with van der Waals surface area (Å²) in [6, 6.07) is 0.788. The van der Waals surface area contributed by atoms with E-state index in [0.29, 0.717) is 11.9 Å². The summed E-state index contributed by atoms with van der Waals surface area (Å²) in [5.41, 5.74) is 5.87. The molecule has 1 saturated heterocycles. The van der Waals surface area contributed by atoms with Gasteiger partial charge in [0.25, 0.3) is 0 Å². The van der Waals surface area contributed by atoms with Crippen molar-refractivity contribution in [3.05, 3.63) is 0 Å². The zero-order chi connectivity index (χ0) is 13.1. The van der Waals surface area contributed by atoms with Crippen LogP contribution in [0, 0.1) is 11.8 Å². The number of hydrogen-bond donors (Lipinski definition) is 2. The molecule has 3 N–H and O–H groups in total. The van der Waals surface area contributed by atoms with Crippen LogP contribution in [0.3, 0.4) is 0 Å². The van der Waals surface area contributed by atoms with E-state index < -0.39 is 0 Å². The molecule has 4 heteroatoms. The van der Waals surface area contributed by atoms with Gasteiger partial charge in [-0.1, -0.05) is 25.4 Å². The minimum absolute atomic E-state index is 0.161. The van der Waals surface area contributed by atoms with Crippen LogP contribution in [0.5, 0.6) is 0 Å². The van der Waals surface area contributed by atoms with E-state index in [1.165, 1.54) is 32.1 Å². The molecule has 0 bridgehead atoms. The highest BCUT2D eigenvalue weighted by molar-refractivity contribution is 5.85. The lowest BCUT2D eigenvalue weighted by Crippen LogP contribution is -2.53. The number of rotatable bonds is 2. The van der Waals surface area contributed by atoms with Crippen molar-refractivity contribution < 1.29 is 5.21 Å². The van der Waals surface area contributed by atoms with E-state index in [0.717, 1.165) is 24.8 Å². The predicted molar refractivity (Wildman–Crippen MR) is 73.7 cm³/mol. The molecule has 0 spiro atoms. The van der Waals surface area contributed by atoms with E-state index in [2.05, 4.69) is 23.9 Å². The number of nitrogens with zero attached hydrogens (tertiary/aromatic N) is 2. The van der Waals surface area contributed by atoms with Gasteiger partial charge in [0.1, 0.15) is 0 Å². The molecular weight excluding hydrogens is 226 g/mol. The molecule has 1 aliphatic heterocycles. The first-order valence-electron chi connectivity index (χ1n) is 7.36. The maximum Gasteiger partial charge on any atom is 0.156 e. The second kappa shape index (κ2) is 5.91. The molecule has 4 nitrogen and oxygen atoms in total. The summed E-state index contributed by atoms with van der Waals surface area (Å²) in [5, 5.41) is 12.2. The van der Waals surface area contributed by atoms with E-state index in [-0.39, 0.29) is 6.04 Å². The Hall–Kier alpha value is -0.770. The lowest BCUT2D eigenvalue weighted by molar-refractivity contribution is 0.0706. The smallest absolute Gasteiger partial charge is 0.156 e. The van der Waals surface area contributed by atoms with Crippen LogP contribution in [0.4, 0.5) is 0 Å². The highest BCUT2D eigenvalue weighted by Crippen LogP contribution is 2.34. The quantitative estimate of drug-likeness (QED) is 0.344. The van der Waals surface area contributed by atoms with Crippen molar-refractivity contribution in [2.45, 2.75) is 64.5 Å². The number of hydrogen-bond acceptors (Lipinski definition) is 3. The van der Waals surface area contributed by atoms with Gasteiger partial charge < -0.3 is 10.9 Å². The molecule has 104 valence electrons. The van der Waals surface area contributed by atoms with Crippen molar-refractivity contribution in [2.24, 2.45) is 22.7 Å². The Morgan fingerprint density at radius 3 is 2.61 bits per heavy atom. The lowest BCUT2D eigenvalue weighted by atomic mass is 9.77. The van der Waals surface area contributed by atoms with Crippen molar-refractivity contribution in [1.29, 1.82) is 0 Å². The second-order valence-electron chi connectivity index (χ2n) is 6.20. The van der Waals surface area contributed by atoms with Crippen molar-refractivity contribution in [3.8, 4) is 0 Å². The van der Waals surface area contributed by atoms with Gasteiger partial charge in [-0.05, 0) is 50.5 Å². The first-order valence-corrected chi connectivity index (χ1v) is 7.36. The fourth-order valence-electron chi connectivity index (χ4n) is 3.60. The van der Waals surface area contributed by atoms with Crippen LogP contribution < -0.4 is 5.73 Å². The number of oxime groups is 1. The Kier molecular flexibility index (Phi) is 4.49. The highest BCUT2D eigenvalue weighted by atomic mass is 16.4. The van der Waals surface area contributed by atoms with Crippen LogP contribution in [-0.2, 0) is 0 Å². The summed E-state index contributed by atoms with van der Waals surface area (Å²) >= 11 is 0. The number of piperidine rings is 1. The first-order chi connectivity index (χ1) is 8.63. The normalized spacial score (nSPS) is 39.8. The zero-order valence-electron chi connectivity index (χ0n) is 11.7. The molecule has 0 aromatic heterocycles. The van der Waals surface area contributed by atoms with E-state index >= 15 is 0 Å². The topological polar surface area (TPSA) is 61.8 Å². The predicted octanol–water partition coefficient (Wildman–Crippen LogP) is 2.41. The molecule has 0 amide bonds. The molecule has 0 aromatic rings. The van der Waals surface area contributed by atoms with Crippen molar-refractivity contribution in [1.82, 2.24) is 4.90 Å². The summed E-state index contributed by atoms with van der Waals surface area (Å²) in [6.45, 7) is 5.82. The maximum absolute atomic E-state index is 8.93. The lowest BCUT2D eigenvalue weighted by Gasteiger charge is -2.44. The van der Waals surface area contributed by atoms with Crippen molar-refractivity contribution in [3.63, 3.8) is 0 Å². The van der Waals surface area contributed by atoms with Gasteiger partial charge in [0.2, 0.25) is 0 Å². The minimum atomic E-state index is 0.161. The molecule has 0 radical (unpaired) electrons. The van der Waals surface area contributed by atoms with Gasteiger partial charge >= 0.3 is 0 Å². The Morgan fingerprint density at radius 2 is 1.94 bits per heavy atom. The molecule has 1 aliphatic carbocycles. The molecule has 1 saturated carbocycles. The average Bonchev–Trinajstić information content (AvgIpc) is 2.41. The van der Waals surface area contributed by atoms with Gasteiger partial charge in [0, 0.05) is 6.04 Å². The standard InChI is InChI=1S/C14H27N3O/c1-10-6-7-12(9-11(10)2)17-8-4-3-5-13(17)14(15)16-18/h10-13,18H,3-9H2,1-2H3,(H2,15,16). The molecular formula is C14H27N3O. The summed E-state index contributed by atoms with van der Waals surface area (Å²) in [7, 11) is 0. The molecule has 0 aromatic carbocycles. The first kappa shape index (κ1) is 13.7. The third kappa shape index (κ3) is 2.79. The largest absolute Gasteiger partial charge is 0.409 e.